The molecule has 2 aliphatic heterocycles. The summed E-state index contributed by atoms with van der Waals surface area (Å²) >= 11 is 0. The second-order valence-electron chi connectivity index (χ2n) is 7.90. The SMILES string of the molecule is CC(C)CCN1CCN(C(=O)c2ccc(S(=O)(=O)N3CCCCC3)o2)CC1. The summed E-state index contributed by atoms with van der Waals surface area (Å²) in [6.07, 6.45) is 3.94. The summed E-state index contributed by atoms with van der Waals surface area (Å²) in [5.41, 5.74) is 0. The minimum atomic E-state index is -3.64. The molecular formula is C19H31N3O4S. The van der Waals surface area contributed by atoms with Crippen molar-refractivity contribution in [2.24, 2.45) is 5.92 Å². The van der Waals surface area contributed by atoms with Crippen LogP contribution in [0.15, 0.2) is 21.6 Å². The van der Waals surface area contributed by atoms with Crippen molar-refractivity contribution in [3.63, 3.8) is 0 Å². The van der Waals surface area contributed by atoms with E-state index in [0.717, 1.165) is 45.3 Å². The topological polar surface area (TPSA) is 74.1 Å². The van der Waals surface area contributed by atoms with E-state index < -0.39 is 10.0 Å². The van der Waals surface area contributed by atoms with E-state index in [0.29, 0.717) is 32.1 Å². The van der Waals surface area contributed by atoms with Gasteiger partial charge in [0.25, 0.3) is 15.9 Å². The normalized spacial score (nSPS) is 20.3. The zero-order chi connectivity index (χ0) is 19.4. The van der Waals surface area contributed by atoms with Crippen LogP contribution in [0.4, 0.5) is 0 Å². The summed E-state index contributed by atoms with van der Waals surface area (Å²) in [5, 5.41) is -0.122. The first-order valence-electron chi connectivity index (χ1n) is 9.99. The maximum absolute atomic E-state index is 12.7. The van der Waals surface area contributed by atoms with Gasteiger partial charge in [0.2, 0.25) is 5.09 Å². The number of carbonyl (C=O) groups excluding carboxylic acids is 1. The molecule has 0 saturated carbocycles. The predicted molar refractivity (Wildman–Crippen MR) is 103 cm³/mol. The monoisotopic (exact) mass is 397 g/mol. The van der Waals surface area contributed by atoms with Crippen LogP contribution < -0.4 is 0 Å². The van der Waals surface area contributed by atoms with Crippen LogP contribution in [0.1, 0.15) is 50.1 Å². The van der Waals surface area contributed by atoms with Gasteiger partial charge in [-0.1, -0.05) is 20.3 Å². The van der Waals surface area contributed by atoms with E-state index >= 15 is 0 Å². The molecule has 27 heavy (non-hydrogen) atoms. The largest absolute Gasteiger partial charge is 0.438 e. The van der Waals surface area contributed by atoms with Crippen LogP contribution in [0.3, 0.4) is 0 Å². The van der Waals surface area contributed by atoms with E-state index in [9.17, 15) is 13.2 Å². The fourth-order valence-electron chi connectivity index (χ4n) is 3.58. The van der Waals surface area contributed by atoms with Gasteiger partial charge in [0, 0.05) is 39.3 Å². The highest BCUT2D eigenvalue weighted by atomic mass is 32.2. The van der Waals surface area contributed by atoms with Gasteiger partial charge in [-0.3, -0.25) is 9.69 Å². The zero-order valence-electron chi connectivity index (χ0n) is 16.4. The summed E-state index contributed by atoms with van der Waals surface area (Å²) in [6, 6.07) is 2.90. The molecular weight excluding hydrogens is 366 g/mol. The van der Waals surface area contributed by atoms with Crippen LogP contribution >= 0.6 is 0 Å². The number of nitrogens with zero attached hydrogens (tertiary/aromatic N) is 3. The van der Waals surface area contributed by atoms with E-state index in [1.807, 2.05) is 0 Å². The second kappa shape index (κ2) is 8.75. The number of rotatable bonds is 6. The van der Waals surface area contributed by atoms with Gasteiger partial charge in [0.1, 0.15) is 0 Å². The Balaban J connectivity index is 1.59. The lowest BCUT2D eigenvalue weighted by Gasteiger charge is -2.34. The molecule has 2 saturated heterocycles. The minimum Gasteiger partial charge on any atom is -0.438 e. The van der Waals surface area contributed by atoms with Crippen molar-refractivity contribution in [1.82, 2.24) is 14.1 Å². The molecule has 0 radical (unpaired) electrons. The third-order valence-corrected chi connectivity index (χ3v) is 7.16. The second-order valence-corrected chi connectivity index (χ2v) is 9.77. The molecule has 1 aromatic rings. The van der Waals surface area contributed by atoms with E-state index in [1.54, 1.807) is 4.90 Å². The lowest BCUT2D eigenvalue weighted by atomic mass is 10.1. The molecule has 0 aromatic carbocycles. The smallest absolute Gasteiger partial charge is 0.289 e. The van der Waals surface area contributed by atoms with E-state index in [4.69, 9.17) is 4.42 Å². The Kier molecular flexibility index (Phi) is 6.60. The van der Waals surface area contributed by atoms with Crippen molar-refractivity contribution >= 4 is 15.9 Å². The fraction of sp³-hybridized carbons (Fsp3) is 0.737. The van der Waals surface area contributed by atoms with Crippen LogP contribution in [0.2, 0.25) is 0 Å². The van der Waals surface area contributed by atoms with Crippen molar-refractivity contribution in [3.05, 3.63) is 17.9 Å². The van der Waals surface area contributed by atoms with E-state index in [1.165, 1.54) is 16.4 Å². The standard InChI is InChI=1S/C19H31N3O4S/c1-16(2)8-11-20-12-14-21(15-13-20)19(23)17-6-7-18(26-17)27(24,25)22-9-4-3-5-10-22/h6-7,16H,3-5,8-15H2,1-2H3. The molecule has 8 heteroatoms. The Hall–Kier alpha value is -1.38. The number of hydrogen-bond donors (Lipinski definition) is 0. The molecule has 7 nitrogen and oxygen atoms in total. The highest BCUT2D eigenvalue weighted by Crippen LogP contribution is 2.23. The van der Waals surface area contributed by atoms with E-state index in [2.05, 4.69) is 18.7 Å². The molecule has 1 aromatic heterocycles. The molecule has 0 spiro atoms. The number of sulfonamides is 1. The Morgan fingerprint density at radius 3 is 2.33 bits per heavy atom. The third kappa shape index (κ3) is 4.92. The zero-order valence-corrected chi connectivity index (χ0v) is 17.2. The summed E-state index contributed by atoms with van der Waals surface area (Å²) in [5.74, 6) is 0.563. The van der Waals surface area contributed by atoms with Gasteiger partial charge in [0.05, 0.1) is 0 Å². The first-order valence-corrected chi connectivity index (χ1v) is 11.4. The van der Waals surface area contributed by atoms with Crippen LogP contribution in [0, 0.1) is 5.92 Å². The molecule has 152 valence electrons. The molecule has 1 amide bonds. The van der Waals surface area contributed by atoms with Crippen LogP contribution in [0.5, 0.6) is 0 Å². The highest BCUT2D eigenvalue weighted by molar-refractivity contribution is 7.89. The molecule has 2 fully saturated rings. The number of carbonyl (C=O) groups is 1. The molecule has 0 unspecified atom stereocenters. The maximum atomic E-state index is 12.7. The Morgan fingerprint density at radius 1 is 1.04 bits per heavy atom. The van der Waals surface area contributed by atoms with Crippen LogP contribution in [-0.2, 0) is 10.0 Å². The van der Waals surface area contributed by atoms with Gasteiger partial charge < -0.3 is 9.32 Å². The predicted octanol–water partition coefficient (Wildman–Crippen LogP) is 2.26. The van der Waals surface area contributed by atoms with Crippen molar-refractivity contribution < 1.29 is 17.6 Å². The summed E-state index contributed by atoms with van der Waals surface area (Å²) in [7, 11) is -3.64. The number of amides is 1. The van der Waals surface area contributed by atoms with Crippen LogP contribution in [0.25, 0.3) is 0 Å². The quantitative estimate of drug-likeness (QED) is 0.736. The van der Waals surface area contributed by atoms with Gasteiger partial charge in [-0.15, -0.1) is 0 Å². The molecule has 0 aliphatic carbocycles. The van der Waals surface area contributed by atoms with Crippen LogP contribution in [-0.4, -0.2) is 74.2 Å². The lowest BCUT2D eigenvalue weighted by Crippen LogP contribution is -2.48. The van der Waals surface area contributed by atoms with E-state index in [-0.39, 0.29) is 16.8 Å². The van der Waals surface area contributed by atoms with Crippen molar-refractivity contribution in [2.75, 3.05) is 45.8 Å². The third-order valence-electron chi connectivity index (χ3n) is 5.38. The molecule has 3 heterocycles. The number of furan rings is 1. The lowest BCUT2D eigenvalue weighted by molar-refractivity contribution is 0.0595. The summed E-state index contributed by atoms with van der Waals surface area (Å²) < 4.78 is 32.3. The van der Waals surface area contributed by atoms with Gasteiger partial charge >= 0.3 is 0 Å². The average Bonchev–Trinajstić information content (AvgIpc) is 3.18. The van der Waals surface area contributed by atoms with Gasteiger partial charge in [-0.25, -0.2) is 8.42 Å². The van der Waals surface area contributed by atoms with Gasteiger partial charge in [-0.05, 0) is 43.9 Å². The number of piperazine rings is 1. The highest BCUT2D eigenvalue weighted by Gasteiger charge is 2.31. The summed E-state index contributed by atoms with van der Waals surface area (Å²) in [4.78, 5) is 16.8. The minimum absolute atomic E-state index is 0.112. The number of hydrogen-bond acceptors (Lipinski definition) is 5. The molecule has 0 N–H and O–H groups in total. The van der Waals surface area contributed by atoms with Crippen molar-refractivity contribution in [1.29, 1.82) is 0 Å². The molecule has 2 aliphatic rings. The Morgan fingerprint density at radius 2 is 1.70 bits per heavy atom. The fourth-order valence-corrected chi connectivity index (χ4v) is 5.01. The van der Waals surface area contributed by atoms with Gasteiger partial charge in [-0.2, -0.15) is 4.31 Å². The Labute approximate surface area is 162 Å². The molecule has 3 rings (SSSR count). The van der Waals surface area contributed by atoms with Crippen molar-refractivity contribution in [2.45, 2.75) is 44.6 Å². The molecule has 0 atom stereocenters. The first-order chi connectivity index (χ1) is 12.9. The Bertz CT molecular complexity index is 730. The summed E-state index contributed by atoms with van der Waals surface area (Å²) in [6.45, 7) is 9.50. The van der Waals surface area contributed by atoms with Crippen molar-refractivity contribution in [3.8, 4) is 0 Å². The van der Waals surface area contributed by atoms with Gasteiger partial charge in [0.15, 0.2) is 5.76 Å². The first kappa shape index (κ1) is 20.4. The average molecular weight is 398 g/mol. The maximum Gasteiger partial charge on any atom is 0.289 e. The number of piperidine rings is 1. The molecule has 0 bridgehead atoms.